The molecule has 0 aromatic heterocycles. The van der Waals surface area contributed by atoms with Crippen LogP contribution in [0, 0.1) is 11.8 Å². The van der Waals surface area contributed by atoms with Gasteiger partial charge in [0.25, 0.3) is 0 Å². The molecule has 2 nitrogen and oxygen atoms in total. The van der Waals surface area contributed by atoms with Gasteiger partial charge in [0.15, 0.2) is 0 Å². The maximum absolute atomic E-state index is 3.56. The zero-order chi connectivity index (χ0) is 12.3. The Morgan fingerprint density at radius 2 is 1.88 bits per heavy atom. The highest BCUT2D eigenvalue weighted by Crippen LogP contribution is 2.31. The molecular weight excluding hydrogens is 208 g/mol. The third kappa shape index (κ3) is 3.23. The van der Waals surface area contributed by atoms with E-state index in [4.69, 9.17) is 0 Å². The van der Waals surface area contributed by atoms with E-state index in [0.29, 0.717) is 0 Å². The summed E-state index contributed by atoms with van der Waals surface area (Å²) in [6, 6.07) is 1.65. The van der Waals surface area contributed by atoms with Crippen molar-refractivity contribution in [3.05, 3.63) is 0 Å². The third-order valence-corrected chi connectivity index (χ3v) is 4.96. The number of hydrogen-bond acceptors (Lipinski definition) is 2. The van der Waals surface area contributed by atoms with Crippen LogP contribution in [0.4, 0.5) is 0 Å². The molecule has 1 saturated carbocycles. The summed E-state index contributed by atoms with van der Waals surface area (Å²) in [4.78, 5) is 2.83. The van der Waals surface area contributed by atoms with Crippen molar-refractivity contribution in [2.45, 2.75) is 65.0 Å². The Bertz CT molecular complexity index is 219. The van der Waals surface area contributed by atoms with Gasteiger partial charge in [0.2, 0.25) is 0 Å². The minimum absolute atomic E-state index is 0.770. The van der Waals surface area contributed by atoms with Crippen LogP contribution in [-0.4, -0.2) is 36.6 Å². The van der Waals surface area contributed by atoms with Crippen molar-refractivity contribution in [2.75, 3.05) is 19.6 Å². The first-order valence-electron chi connectivity index (χ1n) is 7.68. The van der Waals surface area contributed by atoms with Crippen LogP contribution >= 0.6 is 0 Å². The van der Waals surface area contributed by atoms with Gasteiger partial charge in [0.1, 0.15) is 0 Å². The number of piperazine rings is 1. The molecule has 1 heterocycles. The molecule has 2 heteroatoms. The summed E-state index contributed by atoms with van der Waals surface area (Å²) < 4.78 is 0. The first-order valence-corrected chi connectivity index (χ1v) is 7.68. The molecule has 1 atom stereocenters. The van der Waals surface area contributed by atoms with Crippen LogP contribution in [0.2, 0.25) is 0 Å². The van der Waals surface area contributed by atoms with Gasteiger partial charge < -0.3 is 5.32 Å². The smallest absolute Gasteiger partial charge is 0.0247 e. The Morgan fingerprint density at radius 3 is 2.47 bits per heavy atom. The van der Waals surface area contributed by atoms with E-state index in [1.54, 1.807) is 0 Å². The SMILES string of the molecule is CCC1CCC(N2CCNCC2C(C)C)CC1. The van der Waals surface area contributed by atoms with Gasteiger partial charge in [-0.3, -0.25) is 4.90 Å². The molecule has 0 amide bonds. The predicted octanol–water partition coefficient (Wildman–Crippen LogP) is 2.89. The molecule has 1 N–H and O–H groups in total. The van der Waals surface area contributed by atoms with E-state index in [2.05, 4.69) is 31.0 Å². The predicted molar refractivity (Wildman–Crippen MR) is 74.2 cm³/mol. The molecule has 0 bridgehead atoms. The summed E-state index contributed by atoms with van der Waals surface area (Å²) >= 11 is 0. The van der Waals surface area contributed by atoms with Gasteiger partial charge >= 0.3 is 0 Å². The highest BCUT2D eigenvalue weighted by Gasteiger charge is 2.32. The van der Waals surface area contributed by atoms with Gasteiger partial charge in [-0.1, -0.05) is 27.2 Å². The molecule has 100 valence electrons. The van der Waals surface area contributed by atoms with Crippen LogP contribution in [-0.2, 0) is 0 Å². The minimum atomic E-state index is 0.770. The van der Waals surface area contributed by atoms with Crippen molar-refractivity contribution in [2.24, 2.45) is 11.8 Å². The van der Waals surface area contributed by atoms with Crippen molar-refractivity contribution in [1.29, 1.82) is 0 Å². The summed E-state index contributed by atoms with van der Waals surface area (Å²) in [6.45, 7) is 10.8. The van der Waals surface area contributed by atoms with Crippen LogP contribution in [0.15, 0.2) is 0 Å². The first-order chi connectivity index (χ1) is 8.22. The van der Waals surface area contributed by atoms with E-state index in [9.17, 15) is 0 Å². The van der Waals surface area contributed by atoms with Crippen molar-refractivity contribution in [3.8, 4) is 0 Å². The minimum Gasteiger partial charge on any atom is -0.314 e. The fourth-order valence-electron chi connectivity index (χ4n) is 3.70. The van der Waals surface area contributed by atoms with E-state index in [-0.39, 0.29) is 0 Å². The molecule has 0 spiro atoms. The van der Waals surface area contributed by atoms with Gasteiger partial charge in [-0.25, -0.2) is 0 Å². The summed E-state index contributed by atoms with van der Waals surface area (Å²) in [5.74, 6) is 1.80. The van der Waals surface area contributed by atoms with Gasteiger partial charge in [-0.15, -0.1) is 0 Å². The summed E-state index contributed by atoms with van der Waals surface area (Å²) in [5.41, 5.74) is 0. The number of hydrogen-bond donors (Lipinski definition) is 1. The summed E-state index contributed by atoms with van der Waals surface area (Å²) in [7, 11) is 0. The van der Waals surface area contributed by atoms with E-state index in [0.717, 1.165) is 23.9 Å². The fraction of sp³-hybridized carbons (Fsp3) is 1.00. The topological polar surface area (TPSA) is 15.3 Å². The summed E-state index contributed by atoms with van der Waals surface area (Å²) in [5, 5.41) is 3.56. The van der Waals surface area contributed by atoms with Crippen molar-refractivity contribution >= 4 is 0 Å². The Hall–Kier alpha value is -0.0800. The van der Waals surface area contributed by atoms with Crippen LogP contribution in [0.3, 0.4) is 0 Å². The third-order valence-electron chi connectivity index (χ3n) is 4.96. The number of nitrogens with one attached hydrogen (secondary N) is 1. The van der Waals surface area contributed by atoms with E-state index >= 15 is 0 Å². The van der Waals surface area contributed by atoms with Gasteiger partial charge in [-0.05, 0) is 37.5 Å². The van der Waals surface area contributed by atoms with E-state index < -0.39 is 0 Å². The Kier molecular flexibility index (Phi) is 4.87. The van der Waals surface area contributed by atoms with E-state index in [1.165, 1.54) is 51.7 Å². The fourth-order valence-corrected chi connectivity index (χ4v) is 3.70. The molecule has 1 saturated heterocycles. The van der Waals surface area contributed by atoms with Crippen LogP contribution in [0.25, 0.3) is 0 Å². The van der Waals surface area contributed by atoms with Gasteiger partial charge in [-0.2, -0.15) is 0 Å². The molecular formula is C15H30N2. The Morgan fingerprint density at radius 1 is 1.18 bits per heavy atom. The molecule has 2 rings (SSSR count). The molecule has 1 aliphatic carbocycles. The molecule has 2 aliphatic rings. The lowest BCUT2D eigenvalue weighted by atomic mass is 9.82. The Balaban J connectivity index is 1.91. The molecule has 17 heavy (non-hydrogen) atoms. The van der Waals surface area contributed by atoms with Crippen LogP contribution < -0.4 is 5.32 Å². The summed E-state index contributed by atoms with van der Waals surface area (Å²) in [6.07, 6.45) is 7.22. The molecule has 1 aliphatic heterocycles. The first kappa shape index (κ1) is 13.4. The maximum atomic E-state index is 3.56. The molecule has 0 aromatic rings. The largest absolute Gasteiger partial charge is 0.314 e. The quantitative estimate of drug-likeness (QED) is 0.813. The molecule has 0 radical (unpaired) electrons. The second-order valence-electron chi connectivity index (χ2n) is 6.34. The normalized spacial score (nSPS) is 36.4. The second kappa shape index (κ2) is 6.19. The van der Waals surface area contributed by atoms with Crippen molar-refractivity contribution in [1.82, 2.24) is 10.2 Å². The van der Waals surface area contributed by atoms with Crippen molar-refractivity contribution < 1.29 is 0 Å². The highest BCUT2D eigenvalue weighted by molar-refractivity contribution is 4.89. The second-order valence-corrected chi connectivity index (χ2v) is 6.34. The lowest BCUT2D eigenvalue weighted by molar-refractivity contribution is 0.0491. The molecule has 0 aromatic carbocycles. The highest BCUT2D eigenvalue weighted by atomic mass is 15.2. The van der Waals surface area contributed by atoms with E-state index in [1.807, 2.05) is 0 Å². The monoisotopic (exact) mass is 238 g/mol. The van der Waals surface area contributed by atoms with Gasteiger partial charge in [0.05, 0.1) is 0 Å². The lowest BCUT2D eigenvalue weighted by Crippen LogP contribution is -2.57. The maximum Gasteiger partial charge on any atom is 0.0247 e. The van der Waals surface area contributed by atoms with Crippen molar-refractivity contribution in [3.63, 3.8) is 0 Å². The zero-order valence-electron chi connectivity index (χ0n) is 11.9. The standard InChI is InChI=1S/C15H30N2/c1-4-13-5-7-14(8-6-13)17-10-9-16-11-15(17)12(2)3/h12-16H,4-11H2,1-3H3. The van der Waals surface area contributed by atoms with Crippen LogP contribution in [0.1, 0.15) is 52.9 Å². The molecule has 1 unspecified atom stereocenters. The number of nitrogens with zero attached hydrogens (tertiary/aromatic N) is 1. The molecule has 2 fully saturated rings. The zero-order valence-corrected chi connectivity index (χ0v) is 11.9. The lowest BCUT2D eigenvalue weighted by Gasteiger charge is -2.45. The van der Waals surface area contributed by atoms with Gasteiger partial charge in [0, 0.05) is 31.7 Å². The average Bonchev–Trinajstić information content (AvgIpc) is 2.39. The Labute approximate surface area is 107 Å². The number of rotatable bonds is 3. The average molecular weight is 238 g/mol. The van der Waals surface area contributed by atoms with Crippen LogP contribution in [0.5, 0.6) is 0 Å².